The van der Waals surface area contributed by atoms with E-state index in [1.165, 1.54) is 19.3 Å². The van der Waals surface area contributed by atoms with Crippen molar-refractivity contribution in [3.63, 3.8) is 0 Å². The highest BCUT2D eigenvalue weighted by Gasteiger charge is 2.28. The topological polar surface area (TPSA) is 12.0 Å². The Morgan fingerprint density at radius 2 is 2.14 bits per heavy atom. The van der Waals surface area contributed by atoms with Gasteiger partial charge in [-0.25, -0.2) is 0 Å². The SMILES string of the molecule is CNC1(C)CCC1.[HH]. The molecule has 1 saturated carbocycles. The molecule has 1 N–H and O–H groups in total. The lowest BCUT2D eigenvalue weighted by Crippen LogP contribution is -2.45. The summed E-state index contributed by atoms with van der Waals surface area (Å²) >= 11 is 0. The van der Waals surface area contributed by atoms with Crippen molar-refractivity contribution >= 4 is 0 Å². The fraction of sp³-hybridized carbons (Fsp3) is 1.00. The van der Waals surface area contributed by atoms with Gasteiger partial charge in [-0.1, -0.05) is 0 Å². The summed E-state index contributed by atoms with van der Waals surface area (Å²) in [5.74, 6) is 0. The average Bonchev–Trinajstić information content (AvgIpc) is 1.61. The first-order chi connectivity index (χ1) is 3.27. The van der Waals surface area contributed by atoms with Crippen LogP contribution < -0.4 is 5.32 Å². The highest BCUT2D eigenvalue weighted by atomic mass is 14.9. The van der Waals surface area contributed by atoms with Crippen LogP contribution in [0.2, 0.25) is 0 Å². The summed E-state index contributed by atoms with van der Waals surface area (Å²) in [6.45, 7) is 2.27. The maximum absolute atomic E-state index is 3.28. The number of hydrogen-bond donors (Lipinski definition) is 1. The quantitative estimate of drug-likeness (QED) is 0.526. The first kappa shape index (κ1) is 5.10. The molecule has 7 heavy (non-hydrogen) atoms. The smallest absolute Gasteiger partial charge is 0.0150 e. The van der Waals surface area contributed by atoms with E-state index in [9.17, 15) is 0 Å². The van der Waals surface area contributed by atoms with Gasteiger partial charge >= 0.3 is 0 Å². The Labute approximate surface area is 46.6 Å². The van der Waals surface area contributed by atoms with E-state index in [0.29, 0.717) is 5.54 Å². The zero-order valence-electron chi connectivity index (χ0n) is 5.12. The fourth-order valence-electron chi connectivity index (χ4n) is 0.957. The molecule has 0 bridgehead atoms. The third-order valence-electron chi connectivity index (χ3n) is 2.06. The molecule has 0 spiro atoms. The summed E-state index contributed by atoms with van der Waals surface area (Å²) in [6, 6.07) is 0. The van der Waals surface area contributed by atoms with E-state index in [2.05, 4.69) is 12.2 Å². The Morgan fingerprint density at radius 1 is 1.57 bits per heavy atom. The van der Waals surface area contributed by atoms with Crippen molar-refractivity contribution in [1.29, 1.82) is 0 Å². The molecule has 1 nitrogen and oxygen atoms in total. The third-order valence-corrected chi connectivity index (χ3v) is 2.06. The van der Waals surface area contributed by atoms with Gasteiger partial charge in [0.05, 0.1) is 0 Å². The normalized spacial score (nSPS) is 26.6. The van der Waals surface area contributed by atoms with E-state index in [1.807, 2.05) is 7.05 Å². The molecule has 44 valence electrons. The van der Waals surface area contributed by atoms with Crippen LogP contribution in [0.4, 0.5) is 0 Å². The Hall–Kier alpha value is -0.0400. The maximum atomic E-state index is 3.28. The van der Waals surface area contributed by atoms with Crippen molar-refractivity contribution in [2.45, 2.75) is 31.7 Å². The molecule has 0 unspecified atom stereocenters. The van der Waals surface area contributed by atoms with Crippen LogP contribution in [0.5, 0.6) is 0 Å². The van der Waals surface area contributed by atoms with Crippen LogP contribution >= 0.6 is 0 Å². The average molecular weight is 101 g/mol. The summed E-state index contributed by atoms with van der Waals surface area (Å²) < 4.78 is 0. The minimum atomic E-state index is 0. The van der Waals surface area contributed by atoms with Crippen molar-refractivity contribution < 1.29 is 1.43 Å². The molecule has 1 heteroatoms. The van der Waals surface area contributed by atoms with Gasteiger partial charge in [-0.2, -0.15) is 0 Å². The monoisotopic (exact) mass is 101 g/mol. The van der Waals surface area contributed by atoms with Crippen LogP contribution in [-0.4, -0.2) is 12.6 Å². The first-order valence-corrected chi connectivity index (χ1v) is 2.96. The minimum absolute atomic E-state index is 0. The molecule has 0 amide bonds. The Kier molecular flexibility index (Phi) is 1.08. The zero-order chi connectivity index (χ0) is 5.33. The number of rotatable bonds is 1. The van der Waals surface area contributed by atoms with Gasteiger partial charge in [0, 0.05) is 6.97 Å². The number of nitrogens with one attached hydrogen (secondary N) is 1. The molecule has 0 aromatic rings. The van der Waals surface area contributed by atoms with Crippen LogP contribution in [0, 0.1) is 0 Å². The molecule has 0 atom stereocenters. The Bertz CT molecular complexity index is 63.4. The summed E-state index contributed by atoms with van der Waals surface area (Å²) in [5, 5.41) is 3.28. The summed E-state index contributed by atoms with van der Waals surface area (Å²) in [7, 11) is 2.04. The molecular formula is C6H15N. The summed E-state index contributed by atoms with van der Waals surface area (Å²) in [6.07, 6.45) is 4.14. The molecule has 0 aromatic heterocycles. The fourth-order valence-corrected chi connectivity index (χ4v) is 0.957. The predicted molar refractivity (Wildman–Crippen MR) is 33.4 cm³/mol. The van der Waals surface area contributed by atoms with Crippen molar-refractivity contribution in [3.8, 4) is 0 Å². The standard InChI is InChI=1S/C6H13N.H2/c1-6(7-2)4-3-5-6;/h7H,3-5H2,1-2H3;1H. The molecule has 1 rings (SSSR count). The van der Waals surface area contributed by atoms with Gasteiger partial charge < -0.3 is 5.32 Å². The largest absolute Gasteiger partial charge is 0.315 e. The van der Waals surface area contributed by atoms with Crippen molar-refractivity contribution in [1.82, 2.24) is 5.32 Å². The highest BCUT2D eigenvalue weighted by Crippen LogP contribution is 2.29. The van der Waals surface area contributed by atoms with Crippen LogP contribution in [0.3, 0.4) is 0 Å². The second-order valence-electron chi connectivity index (χ2n) is 2.66. The van der Waals surface area contributed by atoms with Gasteiger partial charge in [0.1, 0.15) is 0 Å². The highest BCUT2D eigenvalue weighted by molar-refractivity contribution is 4.89. The predicted octanol–water partition coefficient (Wildman–Crippen LogP) is 1.39. The lowest BCUT2D eigenvalue weighted by molar-refractivity contribution is 0.225. The van der Waals surface area contributed by atoms with Crippen LogP contribution in [0.1, 0.15) is 27.6 Å². The molecule has 1 aliphatic rings. The van der Waals surface area contributed by atoms with Gasteiger partial charge in [-0.15, -0.1) is 0 Å². The Morgan fingerprint density at radius 3 is 2.14 bits per heavy atom. The molecule has 0 heterocycles. The third kappa shape index (κ3) is 0.778. The second-order valence-corrected chi connectivity index (χ2v) is 2.66. The lowest BCUT2D eigenvalue weighted by atomic mass is 9.79. The van der Waals surface area contributed by atoms with Gasteiger partial charge in [0.15, 0.2) is 0 Å². The van der Waals surface area contributed by atoms with Gasteiger partial charge in [-0.05, 0) is 33.2 Å². The summed E-state index contributed by atoms with van der Waals surface area (Å²) in [4.78, 5) is 0. The molecule has 0 radical (unpaired) electrons. The van der Waals surface area contributed by atoms with E-state index in [1.54, 1.807) is 0 Å². The van der Waals surface area contributed by atoms with Crippen LogP contribution in [0.15, 0.2) is 0 Å². The summed E-state index contributed by atoms with van der Waals surface area (Å²) in [5.41, 5.74) is 0.514. The first-order valence-electron chi connectivity index (χ1n) is 2.96. The van der Waals surface area contributed by atoms with E-state index in [0.717, 1.165) is 0 Å². The van der Waals surface area contributed by atoms with E-state index in [4.69, 9.17) is 0 Å². The maximum Gasteiger partial charge on any atom is 0.0150 e. The van der Waals surface area contributed by atoms with Crippen molar-refractivity contribution in [2.75, 3.05) is 7.05 Å². The van der Waals surface area contributed by atoms with E-state index >= 15 is 0 Å². The van der Waals surface area contributed by atoms with Crippen molar-refractivity contribution in [2.24, 2.45) is 0 Å². The van der Waals surface area contributed by atoms with Crippen molar-refractivity contribution in [3.05, 3.63) is 0 Å². The molecule has 1 aliphatic carbocycles. The van der Waals surface area contributed by atoms with Gasteiger partial charge in [0.25, 0.3) is 0 Å². The molecule has 0 aromatic carbocycles. The van der Waals surface area contributed by atoms with Crippen LogP contribution in [-0.2, 0) is 0 Å². The van der Waals surface area contributed by atoms with Gasteiger partial charge in [-0.3, -0.25) is 0 Å². The molecular weight excluding hydrogens is 86.1 g/mol. The van der Waals surface area contributed by atoms with Gasteiger partial charge in [0.2, 0.25) is 0 Å². The zero-order valence-corrected chi connectivity index (χ0v) is 5.12. The number of hydrogen-bond acceptors (Lipinski definition) is 1. The molecule has 0 saturated heterocycles. The molecule has 0 aliphatic heterocycles. The Balaban J connectivity index is 0.000000490. The lowest BCUT2D eigenvalue weighted by Gasteiger charge is -2.37. The molecule has 1 fully saturated rings. The minimum Gasteiger partial charge on any atom is -0.315 e. The van der Waals surface area contributed by atoms with E-state index in [-0.39, 0.29) is 1.43 Å². The second kappa shape index (κ2) is 1.48. The van der Waals surface area contributed by atoms with E-state index < -0.39 is 0 Å². The van der Waals surface area contributed by atoms with Crippen LogP contribution in [0.25, 0.3) is 0 Å².